The molecule has 2 N–H and O–H groups in total. The zero-order chi connectivity index (χ0) is 27.2. The molecular formula is C26H23F3N4O5. The number of H-pyrrole nitrogens is 1. The van der Waals surface area contributed by atoms with Crippen LogP contribution in [0, 0.1) is 18.8 Å². The highest BCUT2D eigenvalue weighted by Crippen LogP contribution is 2.61. The number of benzene rings is 1. The number of furan rings is 1. The number of nitrogens with zero attached hydrogens (tertiary/aromatic N) is 2. The van der Waals surface area contributed by atoms with Crippen molar-refractivity contribution in [3.8, 4) is 11.5 Å². The second-order valence-electron chi connectivity index (χ2n) is 10.4. The van der Waals surface area contributed by atoms with Crippen LogP contribution in [0.3, 0.4) is 0 Å². The molecule has 5 heterocycles. The summed E-state index contributed by atoms with van der Waals surface area (Å²) < 4.78 is 52.1. The molecule has 0 aliphatic carbocycles. The molecule has 3 aliphatic heterocycles. The molecule has 0 saturated carbocycles. The Morgan fingerprint density at radius 1 is 1.16 bits per heavy atom. The Labute approximate surface area is 214 Å². The van der Waals surface area contributed by atoms with Gasteiger partial charge in [0.25, 0.3) is 5.91 Å². The van der Waals surface area contributed by atoms with Crippen LogP contribution in [0.1, 0.15) is 41.9 Å². The van der Waals surface area contributed by atoms with E-state index < -0.39 is 58.5 Å². The highest BCUT2D eigenvalue weighted by atomic mass is 19.4. The molecule has 3 amide bonds. The number of aromatic nitrogens is 2. The van der Waals surface area contributed by atoms with E-state index in [-0.39, 0.29) is 23.4 Å². The van der Waals surface area contributed by atoms with E-state index in [1.54, 1.807) is 26.0 Å². The monoisotopic (exact) mass is 528 g/mol. The zero-order valence-corrected chi connectivity index (χ0v) is 20.6. The molecule has 12 heteroatoms. The fourth-order valence-electron chi connectivity index (χ4n) is 6.29. The van der Waals surface area contributed by atoms with Crippen LogP contribution in [-0.2, 0) is 20.5 Å². The minimum absolute atomic E-state index is 0.0146. The number of rotatable bonds is 4. The first-order valence-corrected chi connectivity index (χ1v) is 12.0. The minimum Gasteiger partial charge on any atom is -0.463 e. The number of amides is 3. The number of hydrogen-bond donors (Lipinski definition) is 2. The number of hydrogen-bond acceptors (Lipinski definition) is 6. The first-order valence-electron chi connectivity index (χ1n) is 12.0. The predicted molar refractivity (Wildman–Crippen MR) is 126 cm³/mol. The summed E-state index contributed by atoms with van der Waals surface area (Å²) in [6.45, 7) is 4.66. The molecule has 38 heavy (non-hydrogen) atoms. The van der Waals surface area contributed by atoms with Crippen LogP contribution in [0.25, 0.3) is 11.5 Å². The molecule has 3 aliphatic rings. The fourth-order valence-corrected chi connectivity index (χ4v) is 6.29. The lowest BCUT2D eigenvalue weighted by Gasteiger charge is -2.35. The number of fused-ring (bicyclic) bond motifs is 5. The molecule has 3 aromatic rings. The van der Waals surface area contributed by atoms with E-state index in [1.165, 1.54) is 31.4 Å². The largest absolute Gasteiger partial charge is 0.463 e. The Hall–Kier alpha value is -3.93. The molecule has 2 bridgehead atoms. The summed E-state index contributed by atoms with van der Waals surface area (Å²) in [6.07, 6.45) is -2.91. The zero-order valence-electron chi connectivity index (χ0n) is 20.6. The Bertz CT molecular complexity index is 1480. The number of anilines is 1. The quantitative estimate of drug-likeness (QED) is 0.497. The average Bonchev–Trinajstić information content (AvgIpc) is 3.62. The second-order valence-corrected chi connectivity index (χ2v) is 10.4. The van der Waals surface area contributed by atoms with Crippen LogP contribution < -0.4 is 10.2 Å². The Kier molecular flexibility index (Phi) is 5.00. The molecule has 0 unspecified atom stereocenters. The van der Waals surface area contributed by atoms with Gasteiger partial charge in [-0.25, -0.2) is 4.90 Å². The third kappa shape index (κ3) is 3.35. The van der Waals surface area contributed by atoms with E-state index in [4.69, 9.17) is 9.15 Å². The maximum atomic E-state index is 13.6. The minimum atomic E-state index is -4.64. The highest BCUT2D eigenvalue weighted by Gasteiger charge is 2.76. The topological polar surface area (TPSA) is 118 Å². The molecule has 198 valence electrons. The van der Waals surface area contributed by atoms with E-state index in [1.807, 2.05) is 0 Å². The first kappa shape index (κ1) is 24.4. The fraction of sp³-hybridized carbons (Fsp3) is 0.385. The maximum absolute atomic E-state index is 13.6. The van der Waals surface area contributed by atoms with Crippen LogP contribution in [0.2, 0.25) is 0 Å². The lowest BCUT2D eigenvalue weighted by atomic mass is 9.66. The van der Waals surface area contributed by atoms with Crippen LogP contribution in [0.5, 0.6) is 0 Å². The van der Waals surface area contributed by atoms with Gasteiger partial charge in [-0.3, -0.25) is 19.5 Å². The van der Waals surface area contributed by atoms with E-state index in [2.05, 4.69) is 15.5 Å². The van der Waals surface area contributed by atoms with Crippen molar-refractivity contribution < 1.29 is 36.7 Å². The molecule has 5 atom stereocenters. The molecule has 0 radical (unpaired) electrons. The highest BCUT2D eigenvalue weighted by molar-refractivity contribution is 6.23. The molecule has 3 fully saturated rings. The van der Waals surface area contributed by atoms with Crippen molar-refractivity contribution in [1.82, 2.24) is 15.5 Å². The van der Waals surface area contributed by atoms with Crippen molar-refractivity contribution in [2.24, 2.45) is 11.8 Å². The van der Waals surface area contributed by atoms with Crippen molar-refractivity contribution in [3.63, 3.8) is 0 Å². The summed E-state index contributed by atoms with van der Waals surface area (Å²) in [7, 11) is 0. The van der Waals surface area contributed by atoms with Crippen molar-refractivity contribution >= 4 is 23.4 Å². The maximum Gasteiger partial charge on any atom is 0.416 e. The SMILES string of the molecule is Cc1ccc(N2C(=O)[C@@H]3[C@H](C2=O)[C@@]2(C)C[C@@H](NC(=O)c4cc(-c5ccco5)[nH]n4)[C@]3(C)O2)cc1C(F)(F)F. The summed E-state index contributed by atoms with van der Waals surface area (Å²) in [5.41, 5.74) is -2.82. The van der Waals surface area contributed by atoms with Gasteiger partial charge < -0.3 is 14.5 Å². The number of alkyl halides is 3. The molecule has 6 rings (SSSR count). The van der Waals surface area contributed by atoms with Gasteiger partial charge in [0.15, 0.2) is 11.5 Å². The van der Waals surface area contributed by atoms with Crippen LogP contribution in [0.4, 0.5) is 18.9 Å². The molecule has 2 aromatic heterocycles. The van der Waals surface area contributed by atoms with E-state index in [0.717, 1.165) is 11.0 Å². The number of aryl methyl sites for hydroxylation is 1. The number of nitrogens with one attached hydrogen (secondary N) is 2. The van der Waals surface area contributed by atoms with Crippen LogP contribution >= 0.6 is 0 Å². The van der Waals surface area contributed by atoms with Gasteiger partial charge in [0.2, 0.25) is 11.8 Å². The van der Waals surface area contributed by atoms with Gasteiger partial charge in [0, 0.05) is 12.5 Å². The van der Waals surface area contributed by atoms with Gasteiger partial charge in [-0.1, -0.05) is 6.07 Å². The smallest absolute Gasteiger partial charge is 0.416 e. The Morgan fingerprint density at radius 3 is 2.58 bits per heavy atom. The number of halogens is 3. The summed E-state index contributed by atoms with van der Waals surface area (Å²) in [4.78, 5) is 41.0. The van der Waals surface area contributed by atoms with Gasteiger partial charge in [-0.2, -0.15) is 18.3 Å². The van der Waals surface area contributed by atoms with Gasteiger partial charge in [-0.05, 0) is 50.6 Å². The van der Waals surface area contributed by atoms with Crippen molar-refractivity contribution in [1.29, 1.82) is 0 Å². The van der Waals surface area contributed by atoms with Gasteiger partial charge >= 0.3 is 6.18 Å². The second kappa shape index (κ2) is 7.79. The third-order valence-corrected chi connectivity index (χ3v) is 8.02. The molecule has 0 spiro atoms. The van der Waals surface area contributed by atoms with Crippen molar-refractivity contribution in [3.05, 3.63) is 59.5 Å². The number of carbonyl (C=O) groups excluding carboxylic acids is 3. The first-order chi connectivity index (χ1) is 17.8. The van der Waals surface area contributed by atoms with E-state index in [9.17, 15) is 27.6 Å². The standard InChI is InChI=1S/C26H23F3N4O5/c1-12-6-7-13(9-14(12)26(27,28)29)33-22(35)19-20(23(33)36)25(3)18(11-24(19,2)38-25)30-21(34)16-10-15(31-32-16)17-5-4-8-37-17/h4-10,18-20H,11H2,1-3H3,(H,30,34)(H,31,32)/t18-,19-,20+,24-,25+/m1/s1. The summed E-state index contributed by atoms with van der Waals surface area (Å²) >= 11 is 0. The van der Waals surface area contributed by atoms with Crippen LogP contribution in [-0.4, -0.2) is 45.2 Å². The Balaban J connectivity index is 1.28. The van der Waals surface area contributed by atoms with Gasteiger partial charge in [0.05, 0.1) is 46.6 Å². The summed E-state index contributed by atoms with van der Waals surface area (Å²) in [5.74, 6) is -3.14. The van der Waals surface area contributed by atoms with Crippen molar-refractivity contribution in [2.75, 3.05) is 4.90 Å². The van der Waals surface area contributed by atoms with E-state index in [0.29, 0.717) is 11.5 Å². The van der Waals surface area contributed by atoms with Crippen molar-refractivity contribution in [2.45, 2.75) is 50.6 Å². The number of aromatic amines is 1. The van der Waals surface area contributed by atoms with Crippen LogP contribution in [0.15, 0.2) is 47.1 Å². The normalized spacial score (nSPS) is 30.3. The third-order valence-electron chi connectivity index (χ3n) is 8.02. The Morgan fingerprint density at radius 2 is 1.89 bits per heavy atom. The molecule has 1 aromatic carbocycles. The lowest BCUT2D eigenvalue weighted by molar-refractivity contribution is -0.138. The predicted octanol–water partition coefficient (Wildman–Crippen LogP) is 3.85. The summed E-state index contributed by atoms with van der Waals surface area (Å²) in [5, 5.41) is 9.66. The average molecular weight is 528 g/mol. The number of ether oxygens (including phenoxy) is 1. The lowest BCUT2D eigenvalue weighted by Crippen LogP contribution is -2.56. The number of imide groups is 1. The molecule has 3 saturated heterocycles. The van der Waals surface area contributed by atoms with E-state index >= 15 is 0 Å². The van der Waals surface area contributed by atoms with Gasteiger partial charge in [-0.15, -0.1) is 0 Å². The molecule has 9 nitrogen and oxygen atoms in total. The molecular weight excluding hydrogens is 505 g/mol. The van der Waals surface area contributed by atoms with Gasteiger partial charge in [0.1, 0.15) is 5.69 Å². The number of carbonyl (C=O) groups is 3. The summed E-state index contributed by atoms with van der Waals surface area (Å²) in [6, 6.07) is 7.69.